The fourth-order valence-corrected chi connectivity index (χ4v) is 2.56. The van der Waals surface area contributed by atoms with Crippen LogP contribution >= 0.6 is 11.5 Å². The topological polar surface area (TPSA) is 80.9 Å². The van der Waals surface area contributed by atoms with E-state index in [1.54, 1.807) is 6.07 Å². The summed E-state index contributed by atoms with van der Waals surface area (Å²) in [6.45, 7) is 7.95. The maximum atomic E-state index is 12.4. The van der Waals surface area contributed by atoms with Crippen molar-refractivity contribution in [1.82, 2.24) is 9.59 Å². The van der Waals surface area contributed by atoms with Crippen LogP contribution in [-0.2, 0) is 5.41 Å². The number of aryl methyl sites for hydroxylation is 1. The third-order valence-corrected chi connectivity index (χ3v) is 3.59. The standard InChI is InChI=1S/C14H18N4OS/c1-8-5-6-9(15)10(7-8)16-13(19)11-12(14(2,3)4)17-18-20-11/h5-7H,15H2,1-4H3,(H,16,19). The van der Waals surface area contributed by atoms with Crippen molar-refractivity contribution < 1.29 is 4.79 Å². The van der Waals surface area contributed by atoms with Gasteiger partial charge in [0.25, 0.3) is 5.91 Å². The largest absolute Gasteiger partial charge is 0.397 e. The number of hydrogen-bond acceptors (Lipinski definition) is 5. The molecule has 0 saturated carbocycles. The lowest BCUT2D eigenvalue weighted by Gasteiger charge is -2.16. The first-order chi connectivity index (χ1) is 9.29. The summed E-state index contributed by atoms with van der Waals surface area (Å²) in [7, 11) is 0. The Kier molecular flexibility index (Phi) is 3.76. The van der Waals surface area contributed by atoms with E-state index in [-0.39, 0.29) is 11.3 Å². The van der Waals surface area contributed by atoms with Crippen LogP contribution in [0.2, 0.25) is 0 Å². The van der Waals surface area contributed by atoms with Gasteiger partial charge in [0.15, 0.2) is 0 Å². The number of nitrogen functional groups attached to an aromatic ring is 1. The predicted molar refractivity (Wildman–Crippen MR) is 82.2 cm³/mol. The average molecular weight is 290 g/mol. The smallest absolute Gasteiger partial charge is 0.269 e. The molecule has 5 nitrogen and oxygen atoms in total. The van der Waals surface area contributed by atoms with Crippen molar-refractivity contribution in [3.05, 3.63) is 34.3 Å². The Morgan fingerprint density at radius 1 is 1.35 bits per heavy atom. The van der Waals surface area contributed by atoms with E-state index >= 15 is 0 Å². The van der Waals surface area contributed by atoms with E-state index in [2.05, 4.69) is 14.9 Å². The molecule has 0 aliphatic rings. The van der Waals surface area contributed by atoms with Gasteiger partial charge in [0.05, 0.1) is 17.1 Å². The van der Waals surface area contributed by atoms with Crippen LogP contribution in [0.3, 0.4) is 0 Å². The Labute approximate surface area is 122 Å². The van der Waals surface area contributed by atoms with Gasteiger partial charge in [-0.1, -0.05) is 31.3 Å². The number of benzene rings is 1. The van der Waals surface area contributed by atoms with Crippen molar-refractivity contribution in [2.45, 2.75) is 33.1 Å². The van der Waals surface area contributed by atoms with Crippen LogP contribution in [0.15, 0.2) is 18.2 Å². The minimum atomic E-state index is -0.224. The lowest BCUT2D eigenvalue weighted by molar-refractivity contribution is 0.102. The summed E-state index contributed by atoms with van der Waals surface area (Å²) in [5.41, 5.74) is 8.54. The summed E-state index contributed by atoms with van der Waals surface area (Å²) in [6, 6.07) is 5.53. The molecular formula is C14H18N4OS. The molecule has 0 spiro atoms. The Bertz CT molecular complexity index is 643. The summed E-state index contributed by atoms with van der Waals surface area (Å²) in [5.74, 6) is -0.220. The van der Waals surface area contributed by atoms with E-state index in [4.69, 9.17) is 5.73 Å². The van der Waals surface area contributed by atoms with Gasteiger partial charge >= 0.3 is 0 Å². The molecule has 0 unspecified atom stereocenters. The fraction of sp³-hybridized carbons (Fsp3) is 0.357. The van der Waals surface area contributed by atoms with E-state index in [0.29, 0.717) is 21.9 Å². The van der Waals surface area contributed by atoms with Crippen molar-refractivity contribution in [1.29, 1.82) is 0 Å². The lowest BCUT2D eigenvalue weighted by Crippen LogP contribution is -2.20. The van der Waals surface area contributed by atoms with Crippen LogP contribution in [0.25, 0.3) is 0 Å². The number of amides is 1. The molecule has 0 atom stereocenters. The van der Waals surface area contributed by atoms with Gasteiger partial charge in [0.1, 0.15) is 4.88 Å². The molecule has 1 heterocycles. The highest BCUT2D eigenvalue weighted by Gasteiger charge is 2.26. The number of anilines is 2. The van der Waals surface area contributed by atoms with Crippen LogP contribution < -0.4 is 11.1 Å². The number of carbonyl (C=O) groups is 1. The Morgan fingerprint density at radius 3 is 2.70 bits per heavy atom. The van der Waals surface area contributed by atoms with E-state index in [9.17, 15) is 4.79 Å². The molecule has 1 aromatic carbocycles. The third-order valence-electron chi connectivity index (χ3n) is 2.86. The first kappa shape index (κ1) is 14.5. The van der Waals surface area contributed by atoms with E-state index < -0.39 is 0 Å². The summed E-state index contributed by atoms with van der Waals surface area (Å²) in [4.78, 5) is 12.9. The Balaban J connectivity index is 2.30. The summed E-state index contributed by atoms with van der Waals surface area (Å²) in [6.07, 6.45) is 0. The molecule has 106 valence electrons. The molecule has 0 radical (unpaired) electrons. The summed E-state index contributed by atoms with van der Waals surface area (Å²) < 4.78 is 3.89. The highest BCUT2D eigenvalue weighted by molar-refractivity contribution is 7.08. The van der Waals surface area contributed by atoms with Gasteiger partial charge in [-0.2, -0.15) is 0 Å². The monoisotopic (exact) mass is 290 g/mol. The fourth-order valence-electron chi connectivity index (χ4n) is 1.79. The van der Waals surface area contributed by atoms with E-state index in [1.807, 2.05) is 39.8 Å². The van der Waals surface area contributed by atoms with Crippen molar-refractivity contribution in [3.63, 3.8) is 0 Å². The molecular weight excluding hydrogens is 272 g/mol. The second-order valence-electron chi connectivity index (χ2n) is 5.75. The minimum absolute atomic E-state index is 0.220. The van der Waals surface area contributed by atoms with Crippen molar-refractivity contribution >= 4 is 28.8 Å². The number of hydrogen-bond donors (Lipinski definition) is 2. The van der Waals surface area contributed by atoms with Crippen molar-refractivity contribution in [2.75, 3.05) is 11.1 Å². The highest BCUT2D eigenvalue weighted by atomic mass is 32.1. The number of aromatic nitrogens is 2. The Hall–Kier alpha value is -1.95. The number of nitrogens with one attached hydrogen (secondary N) is 1. The Morgan fingerprint density at radius 2 is 2.05 bits per heavy atom. The van der Waals surface area contributed by atoms with Gasteiger partial charge in [0.2, 0.25) is 0 Å². The molecule has 0 bridgehead atoms. The highest BCUT2D eigenvalue weighted by Crippen LogP contribution is 2.27. The van der Waals surface area contributed by atoms with Crippen molar-refractivity contribution in [2.24, 2.45) is 0 Å². The number of nitrogens with two attached hydrogens (primary N) is 1. The molecule has 0 aliphatic heterocycles. The maximum absolute atomic E-state index is 12.4. The van der Waals surface area contributed by atoms with Gasteiger partial charge in [-0.15, -0.1) is 5.10 Å². The van der Waals surface area contributed by atoms with E-state index in [0.717, 1.165) is 17.1 Å². The maximum Gasteiger partial charge on any atom is 0.269 e. The number of rotatable bonds is 2. The van der Waals surface area contributed by atoms with Crippen LogP contribution in [0.1, 0.15) is 41.7 Å². The lowest BCUT2D eigenvalue weighted by atomic mass is 9.91. The second kappa shape index (κ2) is 5.20. The zero-order chi connectivity index (χ0) is 14.9. The average Bonchev–Trinajstić information content (AvgIpc) is 2.82. The molecule has 3 N–H and O–H groups in total. The normalized spacial score (nSPS) is 11.4. The van der Waals surface area contributed by atoms with Crippen LogP contribution in [-0.4, -0.2) is 15.5 Å². The zero-order valence-electron chi connectivity index (χ0n) is 12.0. The summed E-state index contributed by atoms with van der Waals surface area (Å²) >= 11 is 1.10. The summed E-state index contributed by atoms with van der Waals surface area (Å²) in [5, 5.41) is 6.90. The predicted octanol–water partition coefficient (Wildman–Crippen LogP) is 2.98. The van der Waals surface area contributed by atoms with Gasteiger partial charge in [-0.3, -0.25) is 4.79 Å². The molecule has 1 aromatic heterocycles. The van der Waals surface area contributed by atoms with Crippen LogP contribution in [0.5, 0.6) is 0 Å². The molecule has 6 heteroatoms. The quantitative estimate of drug-likeness (QED) is 0.833. The molecule has 20 heavy (non-hydrogen) atoms. The van der Waals surface area contributed by atoms with Gasteiger partial charge in [0, 0.05) is 5.41 Å². The molecule has 0 saturated heterocycles. The molecule has 2 aromatic rings. The SMILES string of the molecule is Cc1ccc(N)c(NC(=O)c2snnc2C(C)(C)C)c1. The van der Waals surface area contributed by atoms with Crippen molar-refractivity contribution in [3.8, 4) is 0 Å². The first-order valence-corrected chi connectivity index (χ1v) is 7.06. The molecule has 1 amide bonds. The minimum Gasteiger partial charge on any atom is -0.397 e. The first-order valence-electron chi connectivity index (χ1n) is 6.29. The molecule has 0 fully saturated rings. The van der Waals surface area contributed by atoms with E-state index in [1.165, 1.54) is 0 Å². The van der Waals surface area contributed by atoms with Gasteiger partial charge in [-0.25, -0.2) is 0 Å². The second-order valence-corrected chi connectivity index (χ2v) is 6.50. The van der Waals surface area contributed by atoms with Crippen LogP contribution in [0.4, 0.5) is 11.4 Å². The zero-order valence-corrected chi connectivity index (χ0v) is 12.8. The van der Waals surface area contributed by atoms with Gasteiger partial charge in [-0.05, 0) is 36.2 Å². The molecule has 0 aliphatic carbocycles. The number of carbonyl (C=O) groups excluding carboxylic acids is 1. The van der Waals surface area contributed by atoms with Gasteiger partial charge < -0.3 is 11.1 Å². The van der Waals surface area contributed by atoms with Crippen LogP contribution in [0, 0.1) is 6.92 Å². The number of nitrogens with zero attached hydrogens (tertiary/aromatic N) is 2. The third kappa shape index (κ3) is 2.96. The molecule has 2 rings (SSSR count).